The lowest BCUT2D eigenvalue weighted by atomic mass is 10.2. The fourth-order valence-corrected chi connectivity index (χ4v) is 2.41. The molecule has 1 fully saturated rings. The predicted octanol–water partition coefficient (Wildman–Crippen LogP) is 1.21. The number of aromatic nitrogens is 2. The lowest BCUT2D eigenvalue weighted by Gasteiger charge is -2.10. The van der Waals surface area contributed by atoms with Gasteiger partial charge in [0.1, 0.15) is 5.82 Å². The number of para-hydroxylation sites is 1. The fraction of sp³-hybridized carbons (Fsp3) is 0.400. The Morgan fingerprint density at radius 1 is 1.45 bits per heavy atom. The van der Waals surface area contributed by atoms with Gasteiger partial charge in [-0.3, -0.25) is 14.2 Å². The van der Waals surface area contributed by atoms with Crippen molar-refractivity contribution in [1.29, 1.82) is 0 Å². The Bertz CT molecular complexity index is 735. The minimum absolute atomic E-state index is 0.0555. The maximum Gasteiger partial charge on any atom is 0.261 e. The summed E-state index contributed by atoms with van der Waals surface area (Å²) in [4.78, 5) is 28.5. The standard InChI is InChI=1S/C15H17N3O2/c1-9-7-11(9)14(19)16-8-13-17-12-6-4-3-5-10(12)15(20)18(13)2/h3-6,9,11H,7-8H2,1-2H3,(H,16,19). The van der Waals surface area contributed by atoms with E-state index in [0.29, 0.717) is 29.2 Å². The van der Waals surface area contributed by atoms with E-state index in [9.17, 15) is 9.59 Å². The van der Waals surface area contributed by atoms with E-state index in [1.54, 1.807) is 13.1 Å². The van der Waals surface area contributed by atoms with Gasteiger partial charge in [0.2, 0.25) is 5.91 Å². The van der Waals surface area contributed by atoms with Crippen LogP contribution in [0, 0.1) is 11.8 Å². The molecule has 20 heavy (non-hydrogen) atoms. The lowest BCUT2D eigenvalue weighted by Crippen LogP contribution is -2.30. The fourth-order valence-electron chi connectivity index (χ4n) is 2.41. The Labute approximate surface area is 116 Å². The van der Waals surface area contributed by atoms with Gasteiger partial charge in [0.15, 0.2) is 0 Å². The van der Waals surface area contributed by atoms with Crippen molar-refractivity contribution in [2.75, 3.05) is 0 Å². The molecule has 5 nitrogen and oxygen atoms in total. The molecule has 2 unspecified atom stereocenters. The third-order valence-electron chi connectivity index (χ3n) is 3.94. The summed E-state index contributed by atoms with van der Waals surface area (Å²) in [5, 5.41) is 3.46. The molecule has 5 heteroatoms. The number of carbonyl (C=O) groups is 1. The molecule has 0 saturated heterocycles. The number of benzene rings is 1. The maximum absolute atomic E-state index is 12.2. The SMILES string of the molecule is CC1CC1C(=O)NCc1nc2ccccc2c(=O)n1C. The molecular formula is C15H17N3O2. The second-order valence-electron chi connectivity index (χ2n) is 5.45. The first-order chi connectivity index (χ1) is 9.58. The second kappa shape index (κ2) is 4.74. The highest BCUT2D eigenvalue weighted by Gasteiger charge is 2.38. The van der Waals surface area contributed by atoms with Crippen LogP contribution in [-0.4, -0.2) is 15.5 Å². The summed E-state index contributed by atoms with van der Waals surface area (Å²) in [6.07, 6.45) is 0.954. The monoisotopic (exact) mass is 271 g/mol. The summed E-state index contributed by atoms with van der Waals surface area (Å²) >= 11 is 0. The molecule has 1 aliphatic carbocycles. The second-order valence-corrected chi connectivity index (χ2v) is 5.45. The normalized spacial score (nSPS) is 20.9. The third kappa shape index (κ3) is 2.19. The van der Waals surface area contributed by atoms with Crippen LogP contribution in [0.15, 0.2) is 29.1 Å². The van der Waals surface area contributed by atoms with Crippen LogP contribution in [-0.2, 0) is 18.4 Å². The van der Waals surface area contributed by atoms with E-state index < -0.39 is 0 Å². The van der Waals surface area contributed by atoms with Crippen LogP contribution >= 0.6 is 0 Å². The van der Waals surface area contributed by atoms with Gasteiger partial charge >= 0.3 is 0 Å². The Morgan fingerprint density at radius 3 is 2.85 bits per heavy atom. The van der Waals surface area contributed by atoms with Crippen molar-refractivity contribution >= 4 is 16.8 Å². The van der Waals surface area contributed by atoms with Crippen LogP contribution in [0.3, 0.4) is 0 Å². The smallest absolute Gasteiger partial charge is 0.261 e. The van der Waals surface area contributed by atoms with Gasteiger partial charge in [-0.05, 0) is 24.5 Å². The molecule has 0 aliphatic heterocycles. The molecule has 2 atom stereocenters. The van der Waals surface area contributed by atoms with E-state index >= 15 is 0 Å². The summed E-state index contributed by atoms with van der Waals surface area (Å²) in [5.74, 6) is 1.24. The molecule has 0 spiro atoms. The number of amides is 1. The molecule has 1 heterocycles. The number of nitrogens with zero attached hydrogens (tertiary/aromatic N) is 2. The molecular weight excluding hydrogens is 254 g/mol. The van der Waals surface area contributed by atoms with Crippen molar-refractivity contribution in [3.8, 4) is 0 Å². The number of rotatable bonds is 3. The summed E-state index contributed by atoms with van der Waals surface area (Å²) in [6, 6.07) is 7.24. The first-order valence-electron chi connectivity index (χ1n) is 6.80. The summed E-state index contributed by atoms with van der Waals surface area (Å²) in [7, 11) is 1.68. The molecule has 104 valence electrons. The Balaban J connectivity index is 1.86. The highest BCUT2D eigenvalue weighted by Crippen LogP contribution is 2.37. The molecule has 1 saturated carbocycles. The van der Waals surface area contributed by atoms with E-state index in [1.165, 1.54) is 4.57 Å². The quantitative estimate of drug-likeness (QED) is 0.912. The van der Waals surface area contributed by atoms with E-state index in [0.717, 1.165) is 6.42 Å². The van der Waals surface area contributed by atoms with Crippen LogP contribution in [0.2, 0.25) is 0 Å². The van der Waals surface area contributed by atoms with Crippen molar-refractivity contribution in [3.63, 3.8) is 0 Å². The average Bonchev–Trinajstić information content (AvgIpc) is 3.18. The average molecular weight is 271 g/mol. The van der Waals surface area contributed by atoms with Crippen molar-refractivity contribution in [1.82, 2.24) is 14.9 Å². The van der Waals surface area contributed by atoms with Crippen LogP contribution in [0.4, 0.5) is 0 Å². The first-order valence-corrected chi connectivity index (χ1v) is 6.80. The topological polar surface area (TPSA) is 64.0 Å². The summed E-state index contributed by atoms with van der Waals surface area (Å²) in [6.45, 7) is 2.35. The van der Waals surface area contributed by atoms with Gasteiger partial charge in [0.25, 0.3) is 5.56 Å². The van der Waals surface area contributed by atoms with Gasteiger partial charge in [-0.1, -0.05) is 19.1 Å². The zero-order chi connectivity index (χ0) is 14.3. The maximum atomic E-state index is 12.2. The van der Waals surface area contributed by atoms with E-state index in [2.05, 4.69) is 17.2 Å². The Hall–Kier alpha value is -2.17. The predicted molar refractivity (Wildman–Crippen MR) is 76.1 cm³/mol. The Morgan fingerprint density at radius 2 is 2.15 bits per heavy atom. The molecule has 0 bridgehead atoms. The van der Waals surface area contributed by atoms with Crippen molar-refractivity contribution in [3.05, 3.63) is 40.4 Å². The molecule has 2 aromatic rings. The zero-order valence-electron chi connectivity index (χ0n) is 11.6. The van der Waals surface area contributed by atoms with Gasteiger partial charge in [-0.15, -0.1) is 0 Å². The van der Waals surface area contributed by atoms with Crippen LogP contribution in [0.25, 0.3) is 10.9 Å². The van der Waals surface area contributed by atoms with Crippen molar-refractivity contribution in [2.24, 2.45) is 18.9 Å². The number of fused-ring (bicyclic) bond motifs is 1. The van der Waals surface area contributed by atoms with Gasteiger partial charge in [-0.2, -0.15) is 0 Å². The molecule has 1 amide bonds. The van der Waals surface area contributed by atoms with E-state index in [-0.39, 0.29) is 17.4 Å². The van der Waals surface area contributed by atoms with E-state index in [4.69, 9.17) is 0 Å². The van der Waals surface area contributed by atoms with Gasteiger partial charge in [0, 0.05) is 13.0 Å². The third-order valence-corrected chi connectivity index (χ3v) is 3.94. The molecule has 3 rings (SSSR count). The highest BCUT2D eigenvalue weighted by molar-refractivity contribution is 5.81. The van der Waals surface area contributed by atoms with Gasteiger partial charge in [0.05, 0.1) is 17.4 Å². The van der Waals surface area contributed by atoms with E-state index in [1.807, 2.05) is 18.2 Å². The molecule has 1 N–H and O–H groups in total. The van der Waals surface area contributed by atoms with Crippen LogP contribution in [0.1, 0.15) is 19.2 Å². The molecule has 1 aromatic heterocycles. The van der Waals surface area contributed by atoms with Gasteiger partial charge in [-0.25, -0.2) is 4.98 Å². The van der Waals surface area contributed by atoms with Crippen molar-refractivity contribution in [2.45, 2.75) is 19.9 Å². The number of nitrogens with one attached hydrogen (secondary N) is 1. The minimum atomic E-state index is -0.0837. The molecule has 1 aliphatic rings. The summed E-state index contributed by atoms with van der Waals surface area (Å²) < 4.78 is 1.50. The highest BCUT2D eigenvalue weighted by atomic mass is 16.2. The van der Waals surface area contributed by atoms with Crippen molar-refractivity contribution < 1.29 is 4.79 Å². The van der Waals surface area contributed by atoms with Crippen LogP contribution in [0.5, 0.6) is 0 Å². The Kier molecular flexibility index (Phi) is 3.04. The number of hydrogen-bond donors (Lipinski definition) is 1. The summed E-state index contributed by atoms with van der Waals surface area (Å²) in [5.41, 5.74) is 0.583. The zero-order valence-corrected chi connectivity index (χ0v) is 11.6. The first kappa shape index (κ1) is 12.8. The van der Waals surface area contributed by atoms with Crippen LogP contribution < -0.4 is 10.9 Å². The molecule has 1 aromatic carbocycles. The van der Waals surface area contributed by atoms with Gasteiger partial charge < -0.3 is 5.32 Å². The minimum Gasteiger partial charge on any atom is -0.349 e. The largest absolute Gasteiger partial charge is 0.349 e. The molecule has 0 radical (unpaired) electrons. The lowest BCUT2D eigenvalue weighted by molar-refractivity contribution is -0.122. The number of carbonyl (C=O) groups excluding carboxylic acids is 1. The number of hydrogen-bond acceptors (Lipinski definition) is 3.